The summed E-state index contributed by atoms with van der Waals surface area (Å²) in [4.78, 5) is 22.4. The Hall–Kier alpha value is -2.40. The highest BCUT2D eigenvalue weighted by Gasteiger charge is 2.34. The lowest BCUT2D eigenvalue weighted by Gasteiger charge is -2.31. The van der Waals surface area contributed by atoms with Crippen LogP contribution in [-0.4, -0.2) is 74.1 Å². The highest BCUT2D eigenvalue weighted by atomic mass is 16.7. The van der Waals surface area contributed by atoms with Crippen LogP contribution in [0.3, 0.4) is 0 Å². The normalized spacial score (nSPS) is 21.1. The molecular weight excluding hydrogens is 398 g/mol. The smallest absolute Gasteiger partial charge is 0.333 e. The number of aliphatic hydroxyl groups is 1. The van der Waals surface area contributed by atoms with E-state index in [1.54, 1.807) is 18.2 Å². The number of rotatable bonds is 12. The van der Waals surface area contributed by atoms with Gasteiger partial charge in [-0.1, -0.05) is 0 Å². The Bertz CT molecular complexity index is 697. The summed E-state index contributed by atoms with van der Waals surface area (Å²) in [5.74, 6) is -0.804. The van der Waals surface area contributed by atoms with E-state index in [0.717, 1.165) is 6.54 Å². The molecule has 30 heavy (non-hydrogen) atoms. The molecule has 10 heteroatoms. The lowest BCUT2D eigenvalue weighted by atomic mass is 10.1. The van der Waals surface area contributed by atoms with Crippen LogP contribution in [0.2, 0.25) is 0 Å². The molecule has 3 unspecified atom stereocenters. The molecule has 1 aliphatic heterocycles. The number of esters is 1. The quantitative estimate of drug-likeness (QED) is 0.323. The summed E-state index contributed by atoms with van der Waals surface area (Å²) in [5.41, 5.74) is 0.554. The summed E-state index contributed by atoms with van der Waals surface area (Å²) in [6, 6.07) is 4.99. The molecule has 0 spiro atoms. The van der Waals surface area contributed by atoms with E-state index in [0.29, 0.717) is 36.9 Å². The number of benzene rings is 1. The predicted octanol–water partition coefficient (Wildman–Crippen LogP) is 0.694. The van der Waals surface area contributed by atoms with Gasteiger partial charge in [0.2, 0.25) is 6.29 Å². The molecule has 0 bridgehead atoms. The number of carboxylic acid groups (broad SMARTS) is 1. The zero-order valence-corrected chi connectivity index (χ0v) is 17.2. The average molecular weight is 427 g/mol. The minimum Gasteiger partial charge on any atom is -0.491 e. The largest absolute Gasteiger partial charge is 0.491 e. The van der Waals surface area contributed by atoms with Crippen LogP contribution < -0.4 is 14.8 Å². The molecule has 3 N–H and O–H groups in total. The molecule has 10 nitrogen and oxygen atoms in total. The number of hydrogen-bond donors (Lipinski definition) is 3. The van der Waals surface area contributed by atoms with Gasteiger partial charge in [0.1, 0.15) is 24.7 Å². The number of carbonyl (C=O) groups excluding carboxylic acids is 1. The first-order chi connectivity index (χ1) is 14.4. The molecule has 3 atom stereocenters. The van der Waals surface area contributed by atoms with E-state index in [9.17, 15) is 19.8 Å². The highest BCUT2D eigenvalue weighted by Crippen LogP contribution is 2.30. The van der Waals surface area contributed by atoms with E-state index < -0.39 is 30.4 Å². The van der Waals surface area contributed by atoms with E-state index >= 15 is 0 Å². The highest BCUT2D eigenvalue weighted by molar-refractivity contribution is 5.72. The Morgan fingerprint density at radius 2 is 2.03 bits per heavy atom. The molecule has 0 amide bonds. The molecule has 1 aromatic carbocycles. The van der Waals surface area contributed by atoms with E-state index in [4.69, 9.17) is 23.7 Å². The lowest BCUT2D eigenvalue weighted by molar-refractivity contribution is -0.195. The maximum absolute atomic E-state index is 11.2. The maximum atomic E-state index is 11.2. The second-order valence-electron chi connectivity index (χ2n) is 6.75. The number of aliphatic hydroxyl groups excluding tert-OH is 1. The van der Waals surface area contributed by atoms with Gasteiger partial charge in [0, 0.05) is 37.9 Å². The molecule has 0 aromatic heterocycles. The summed E-state index contributed by atoms with van der Waals surface area (Å²) < 4.78 is 27.3. The van der Waals surface area contributed by atoms with Gasteiger partial charge in [-0.3, -0.25) is 4.79 Å². The second-order valence-corrected chi connectivity index (χ2v) is 6.75. The average Bonchev–Trinajstić information content (AvgIpc) is 2.69. The van der Waals surface area contributed by atoms with Gasteiger partial charge in [-0.15, -0.1) is 0 Å². The van der Waals surface area contributed by atoms with Crippen molar-refractivity contribution in [3.05, 3.63) is 23.8 Å². The Morgan fingerprint density at radius 3 is 2.73 bits per heavy atom. The van der Waals surface area contributed by atoms with Crippen LogP contribution in [0.5, 0.6) is 11.5 Å². The van der Waals surface area contributed by atoms with Crippen molar-refractivity contribution in [2.24, 2.45) is 0 Å². The van der Waals surface area contributed by atoms with E-state index in [1.165, 1.54) is 6.92 Å². The SMILES string of the molecule is CNCCOCCOc1ccc(COC(C)=O)c(OC2CC(O)CC(C(=O)O)O2)c1. The van der Waals surface area contributed by atoms with Gasteiger partial charge in [-0.05, 0) is 19.2 Å². The van der Waals surface area contributed by atoms with Crippen molar-refractivity contribution in [3.63, 3.8) is 0 Å². The van der Waals surface area contributed by atoms with E-state index in [-0.39, 0.29) is 19.4 Å². The molecule has 0 radical (unpaired) electrons. The van der Waals surface area contributed by atoms with Crippen LogP contribution in [-0.2, 0) is 30.4 Å². The predicted molar refractivity (Wildman–Crippen MR) is 104 cm³/mol. The van der Waals surface area contributed by atoms with Gasteiger partial charge in [0.05, 0.1) is 19.3 Å². The first kappa shape index (κ1) is 23.9. The molecule has 1 aromatic rings. The number of hydrogen-bond acceptors (Lipinski definition) is 9. The van der Waals surface area contributed by atoms with Crippen molar-refractivity contribution in [2.75, 3.05) is 33.4 Å². The Labute approximate surface area is 175 Å². The monoisotopic (exact) mass is 427 g/mol. The van der Waals surface area contributed by atoms with Crippen molar-refractivity contribution in [1.29, 1.82) is 0 Å². The van der Waals surface area contributed by atoms with Gasteiger partial charge >= 0.3 is 11.9 Å². The first-order valence-electron chi connectivity index (χ1n) is 9.73. The van der Waals surface area contributed by atoms with E-state index in [2.05, 4.69) is 5.32 Å². The Kier molecular flexibility index (Phi) is 9.81. The Balaban J connectivity index is 2.04. The van der Waals surface area contributed by atoms with Crippen LogP contribution in [0.25, 0.3) is 0 Å². The first-order valence-corrected chi connectivity index (χ1v) is 9.73. The van der Waals surface area contributed by atoms with Gasteiger partial charge in [0.15, 0.2) is 6.10 Å². The third kappa shape index (κ3) is 8.15. The van der Waals surface area contributed by atoms with E-state index in [1.807, 2.05) is 7.05 Å². The zero-order chi connectivity index (χ0) is 21.9. The number of aliphatic carboxylic acids is 1. The van der Waals surface area contributed by atoms with Gasteiger partial charge in [-0.2, -0.15) is 0 Å². The topological polar surface area (TPSA) is 133 Å². The standard InChI is InChI=1S/C20H29NO9/c1-13(22)28-12-14-3-4-16(27-8-7-26-6-5-21-2)11-17(14)29-19-10-15(23)9-18(30-19)20(24)25/h3-4,11,15,18-19,21,23H,5-10,12H2,1-2H3,(H,24,25). The molecule has 0 saturated carbocycles. The van der Waals surface area contributed by atoms with Crippen LogP contribution in [0, 0.1) is 0 Å². The fraction of sp³-hybridized carbons (Fsp3) is 0.600. The second kappa shape index (κ2) is 12.3. The van der Waals surface area contributed by atoms with Crippen molar-refractivity contribution in [2.45, 2.75) is 44.9 Å². The Morgan fingerprint density at radius 1 is 1.23 bits per heavy atom. The summed E-state index contributed by atoms with van der Waals surface area (Å²) in [5, 5.41) is 22.1. The molecule has 1 aliphatic rings. The molecule has 168 valence electrons. The number of ether oxygens (including phenoxy) is 5. The molecule has 0 aliphatic carbocycles. The summed E-state index contributed by atoms with van der Waals surface area (Å²) in [6.07, 6.45) is -2.89. The van der Waals surface area contributed by atoms with Crippen molar-refractivity contribution >= 4 is 11.9 Å². The minimum atomic E-state index is -1.17. The molecular formula is C20H29NO9. The van der Waals surface area contributed by atoms with Crippen molar-refractivity contribution < 1.29 is 43.5 Å². The third-order valence-corrected chi connectivity index (χ3v) is 4.26. The van der Waals surface area contributed by atoms with Gasteiger partial charge in [0.25, 0.3) is 0 Å². The fourth-order valence-electron chi connectivity index (χ4n) is 2.76. The van der Waals surface area contributed by atoms with Crippen LogP contribution in [0.1, 0.15) is 25.3 Å². The fourth-order valence-corrected chi connectivity index (χ4v) is 2.76. The summed E-state index contributed by atoms with van der Waals surface area (Å²) in [7, 11) is 1.84. The zero-order valence-electron chi connectivity index (χ0n) is 17.2. The molecule has 1 heterocycles. The van der Waals surface area contributed by atoms with Gasteiger partial charge in [-0.25, -0.2) is 4.79 Å². The number of carboxylic acids is 1. The van der Waals surface area contributed by atoms with Crippen LogP contribution in [0.15, 0.2) is 18.2 Å². The van der Waals surface area contributed by atoms with Crippen molar-refractivity contribution in [3.8, 4) is 11.5 Å². The molecule has 2 rings (SSSR count). The van der Waals surface area contributed by atoms with Crippen LogP contribution in [0.4, 0.5) is 0 Å². The number of carbonyl (C=O) groups is 2. The lowest BCUT2D eigenvalue weighted by Crippen LogP contribution is -2.42. The summed E-state index contributed by atoms with van der Waals surface area (Å²) >= 11 is 0. The number of likely N-dealkylation sites (N-methyl/N-ethyl adjacent to an activating group) is 1. The minimum absolute atomic E-state index is 0.00774. The number of nitrogens with one attached hydrogen (secondary N) is 1. The van der Waals surface area contributed by atoms with Crippen LogP contribution >= 0.6 is 0 Å². The van der Waals surface area contributed by atoms with Gasteiger partial charge < -0.3 is 39.2 Å². The third-order valence-electron chi connectivity index (χ3n) is 4.26. The van der Waals surface area contributed by atoms with Crippen molar-refractivity contribution in [1.82, 2.24) is 5.32 Å². The maximum Gasteiger partial charge on any atom is 0.333 e. The summed E-state index contributed by atoms with van der Waals surface area (Å²) in [6.45, 7) is 3.31. The molecule has 1 fully saturated rings. The molecule has 1 saturated heterocycles.